The summed E-state index contributed by atoms with van der Waals surface area (Å²) in [7, 11) is 1.60. The molecule has 1 atom stereocenters. The number of unbranched alkanes of at least 4 members (excludes halogenated alkanes) is 1. The Labute approximate surface area is 195 Å². The highest BCUT2D eigenvalue weighted by atomic mass is 16.5. The summed E-state index contributed by atoms with van der Waals surface area (Å²) in [5, 5.41) is 11.3. The number of carbonyl (C=O) groups is 2. The molecule has 176 valence electrons. The topological polar surface area (TPSA) is 76.1 Å². The maximum atomic E-state index is 13.1. The number of likely N-dealkylation sites (tertiary alicyclic amines) is 1. The predicted molar refractivity (Wildman–Crippen MR) is 128 cm³/mol. The normalized spacial score (nSPS) is 17.6. The lowest BCUT2D eigenvalue weighted by Gasteiger charge is -2.25. The molecule has 1 aliphatic rings. The van der Waals surface area contributed by atoms with E-state index in [1.807, 2.05) is 56.3 Å². The number of ketones is 1. The number of carbonyl (C=O) groups excluding carboxylic acids is 2. The molecule has 1 aliphatic heterocycles. The summed E-state index contributed by atoms with van der Waals surface area (Å²) >= 11 is 0. The largest absolute Gasteiger partial charge is 0.507 e. The van der Waals surface area contributed by atoms with Crippen LogP contribution in [0, 0.1) is 13.8 Å². The Morgan fingerprint density at radius 2 is 1.76 bits per heavy atom. The van der Waals surface area contributed by atoms with E-state index < -0.39 is 17.7 Å². The Kier molecular flexibility index (Phi) is 8.28. The highest BCUT2D eigenvalue weighted by Crippen LogP contribution is 2.40. The minimum atomic E-state index is -0.675. The van der Waals surface area contributed by atoms with Crippen molar-refractivity contribution in [3.63, 3.8) is 0 Å². The van der Waals surface area contributed by atoms with Gasteiger partial charge in [0.2, 0.25) is 0 Å². The van der Waals surface area contributed by atoms with Gasteiger partial charge in [-0.1, -0.05) is 43.2 Å². The van der Waals surface area contributed by atoms with Gasteiger partial charge in [0.05, 0.1) is 18.2 Å². The molecule has 33 heavy (non-hydrogen) atoms. The van der Waals surface area contributed by atoms with Gasteiger partial charge in [0.15, 0.2) is 0 Å². The van der Waals surface area contributed by atoms with Gasteiger partial charge < -0.3 is 19.5 Å². The molecule has 0 aromatic heterocycles. The van der Waals surface area contributed by atoms with Gasteiger partial charge in [-0.25, -0.2) is 0 Å². The van der Waals surface area contributed by atoms with Gasteiger partial charge in [0.1, 0.15) is 11.5 Å². The highest BCUT2D eigenvalue weighted by Gasteiger charge is 2.45. The lowest BCUT2D eigenvalue weighted by Crippen LogP contribution is -2.31. The van der Waals surface area contributed by atoms with Crippen LogP contribution in [0.25, 0.3) is 5.76 Å². The first-order chi connectivity index (χ1) is 15.9. The molecule has 2 aromatic carbocycles. The number of nitrogens with zero attached hydrogens (tertiary/aromatic N) is 1. The Balaban J connectivity index is 2.05. The molecule has 1 amide bonds. The van der Waals surface area contributed by atoms with Crippen molar-refractivity contribution in [3.05, 3.63) is 70.3 Å². The second kappa shape index (κ2) is 11.1. The monoisotopic (exact) mass is 451 g/mol. The van der Waals surface area contributed by atoms with Crippen molar-refractivity contribution < 1.29 is 24.2 Å². The second-order valence-corrected chi connectivity index (χ2v) is 8.43. The maximum Gasteiger partial charge on any atom is 0.295 e. The van der Waals surface area contributed by atoms with E-state index in [1.165, 1.54) is 4.90 Å². The summed E-state index contributed by atoms with van der Waals surface area (Å²) in [5.74, 6) is -0.680. The lowest BCUT2D eigenvalue weighted by molar-refractivity contribution is -0.140. The quantitative estimate of drug-likeness (QED) is 0.240. The SMILES string of the molecule is CCCCOc1ccc(C2/C(=C(\O)c3cc(C)ccc3C)C(=O)C(=O)N2CCCOC)cc1. The van der Waals surface area contributed by atoms with Gasteiger partial charge in [-0.15, -0.1) is 0 Å². The second-order valence-electron chi connectivity index (χ2n) is 8.43. The Hall–Kier alpha value is -3.12. The molecule has 1 heterocycles. The van der Waals surface area contributed by atoms with Crippen LogP contribution in [-0.4, -0.2) is 48.6 Å². The number of methoxy groups -OCH3 is 1. The van der Waals surface area contributed by atoms with Crippen LogP contribution in [0.3, 0.4) is 0 Å². The average molecular weight is 452 g/mol. The summed E-state index contributed by atoms with van der Waals surface area (Å²) in [6.07, 6.45) is 2.60. The summed E-state index contributed by atoms with van der Waals surface area (Å²) in [4.78, 5) is 27.6. The molecule has 0 bridgehead atoms. The first kappa shape index (κ1) is 24.5. The van der Waals surface area contributed by atoms with E-state index >= 15 is 0 Å². The average Bonchev–Trinajstić information content (AvgIpc) is 3.06. The van der Waals surface area contributed by atoms with Gasteiger partial charge in [-0.2, -0.15) is 0 Å². The molecule has 6 heteroatoms. The minimum Gasteiger partial charge on any atom is -0.507 e. The molecular formula is C27H33NO5. The Morgan fingerprint density at radius 1 is 1.03 bits per heavy atom. The van der Waals surface area contributed by atoms with Crippen LogP contribution < -0.4 is 4.74 Å². The number of ether oxygens (including phenoxy) is 2. The van der Waals surface area contributed by atoms with E-state index in [2.05, 4.69) is 6.92 Å². The van der Waals surface area contributed by atoms with Crippen LogP contribution in [0.2, 0.25) is 0 Å². The Bertz CT molecular complexity index is 1030. The minimum absolute atomic E-state index is 0.116. The first-order valence-electron chi connectivity index (χ1n) is 11.5. The third kappa shape index (κ3) is 5.45. The number of aryl methyl sites for hydroxylation is 2. The first-order valence-corrected chi connectivity index (χ1v) is 11.5. The molecule has 0 aliphatic carbocycles. The van der Waals surface area contributed by atoms with E-state index in [1.54, 1.807) is 7.11 Å². The number of hydrogen-bond donors (Lipinski definition) is 1. The van der Waals surface area contributed by atoms with Crippen LogP contribution in [0.4, 0.5) is 0 Å². The van der Waals surface area contributed by atoms with Crippen molar-refractivity contribution in [1.82, 2.24) is 4.90 Å². The molecule has 0 radical (unpaired) electrons. The zero-order valence-electron chi connectivity index (χ0n) is 19.9. The summed E-state index contributed by atoms with van der Waals surface area (Å²) in [6, 6.07) is 12.4. The molecule has 1 unspecified atom stereocenters. The van der Waals surface area contributed by atoms with Crippen LogP contribution in [-0.2, 0) is 14.3 Å². The van der Waals surface area contributed by atoms with Crippen LogP contribution in [0.15, 0.2) is 48.0 Å². The number of Topliss-reactive ketones (excluding diaryl/α,β-unsaturated/α-hetero) is 1. The molecule has 0 spiro atoms. The van der Waals surface area contributed by atoms with Gasteiger partial charge in [-0.3, -0.25) is 9.59 Å². The number of amides is 1. The van der Waals surface area contributed by atoms with Gasteiger partial charge in [-0.05, 0) is 56.0 Å². The fourth-order valence-corrected chi connectivity index (χ4v) is 4.05. The molecule has 2 aromatic rings. The molecule has 6 nitrogen and oxygen atoms in total. The fourth-order valence-electron chi connectivity index (χ4n) is 4.05. The third-order valence-corrected chi connectivity index (χ3v) is 5.90. The van der Waals surface area contributed by atoms with Gasteiger partial charge in [0.25, 0.3) is 11.7 Å². The molecule has 3 rings (SSSR count). The van der Waals surface area contributed by atoms with Crippen LogP contribution in [0.5, 0.6) is 5.75 Å². The Morgan fingerprint density at radius 3 is 2.42 bits per heavy atom. The van der Waals surface area contributed by atoms with Crippen molar-refractivity contribution in [2.75, 3.05) is 26.9 Å². The van der Waals surface area contributed by atoms with E-state index in [-0.39, 0.29) is 11.3 Å². The van der Waals surface area contributed by atoms with Gasteiger partial charge >= 0.3 is 0 Å². The standard InChI is InChI=1S/C27H33NO5/c1-5-6-16-33-21-12-10-20(11-13-21)24-23(25(29)22-17-18(2)8-9-19(22)3)26(30)27(31)28(24)14-7-15-32-4/h8-13,17,24,29H,5-7,14-16H2,1-4H3/b25-23+. The number of benzene rings is 2. The molecule has 1 saturated heterocycles. The van der Waals surface area contributed by atoms with E-state index in [4.69, 9.17) is 9.47 Å². The van der Waals surface area contributed by atoms with E-state index in [9.17, 15) is 14.7 Å². The van der Waals surface area contributed by atoms with Crippen molar-refractivity contribution in [1.29, 1.82) is 0 Å². The number of aliphatic hydroxyl groups is 1. The molecule has 1 N–H and O–H groups in total. The number of hydrogen-bond acceptors (Lipinski definition) is 5. The zero-order chi connectivity index (χ0) is 24.0. The van der Waals surface area contributed by atoms with Crippen molar-refractivity contribution >= 4 is 17.4 Å². The number of aliphatic hydroxyl groups excluding tert-OH is 1. The molecular weight excluding hydrogens is 418 g/mol. The van der Waals surface area contributed by atoms with Crippen LogP contribution in [0.1, 0.15) is 54.5 Å². The van der Waals surface area contributed by atoms with Crippen molar-refractivity contribution in [3.8, 4) is 5.75 Å². The van der Waals surface area contributed by atoms with Gasteiger partial charge in [0, 0.05) is 25.8 Å². The van der Waals surface area contributed by atoms with Crippen molar-refractivity contribution in [2.24, 2.45) is 0 Å². The smallest absolute Gasteiger partial charge is 0.295 e. The number of rotatable bonds is 10. The zero-order valence-corrected chi connectivity index (χ0v) is 19.9. The summed E-state index contributed by atoms with van der Waals surface area (Å²) < 4.78 is 10.9. The third-order valence-electron chi connectivity index (χ3n) is 5.90. The summed E-state index contributed by atoms with van der Waals surface area (Å²) in [6.45, 7) is 7.36. The van der Waals surface area contributed by atoms with Crippen LogP contribution >= 0.6 is 0 Å². The van der Waals surface area contributed by atoms with E-state index in [0.717, 1.165) is 35.3 Å². The highest BCUT2D eigenvalue weighted by molar-refractivity contribution is 6.46. The van der Waals surface area contributed by atoms with E-state index in [0.29, 0.717) is 31.7 Å². The predicted octanol–water partition coefficient (Wildman–Crippen LogP) is 4.94. The lowest BCUT2D eigenvalue weighted by atomic mass is 9.93. The molecule has 1 fully saturated rings. The molecule has 0 saturated carbocycles. The van der Waals surface area contributed by atoms with Crippen molar-refractivity contribution in [2.45, 2.75) is 46.1 Å². The summed E-state index contributed by atoms with van der Waals surface area (Å²) in [5.41, 5.74) is 3.23. The maximum absolute atomic E-state index is 13.1. The fraction of sp³-hybridized carbons (Fsp3) is 0.407.